The van der Waals surface area contributed by atoms with E-state index in [1.54, 1.807) is 0 Å². The summed E-state index contributed by atoms with van der Waals surface area (Å²) >= 11 is 0. The Balaban J connectivity index is 1.64. The van der Waals surface area contributed by atoms with Crippen molar-refractivity contribution >= 4 is 17.7 Å². The molecule has 1 fully saturated rings. The van der Waals surface area contributed by atoms with Gasteiger partial charge in [-0.15, -0.1) is 0 Å². The van der Waals surface area contributed by atoms with Crippen molar-refractivity contribution in [1.82, 2.24) is 10.2 Å². The van der Waals surface area contributed by atoms with E-state index >= 15 is 0 Å². The summed E-state index contributed by atoms with van der Waals surface area (Å²) in [6.45, 7) is 11.1. The van der Waals surface area contributed by atoms with Crippen LogP contribution in [0.5, 0.6) is 0 Å². The summed E-state index contributed by atoms with van der Waals surface area (Å²) < 4.78 is 5.50. The first-order chi connectivity index (χ1) is 13.7. The molecule has 1 aromatic carbocycles. The second kappa shape index (κ2) is 8.74. The summed E-state index contributed by atoms with van der Waals surface area (Å²) in [4.78, 5) is 28.5. The lowest BCUT2D eigenvalue weighted by Crippen LogP contribution is -2.50. The van der Waals surface area contributed by atoms with E-state index in [0.717, 1.165) is 24.9 Å². The van der Waals surface area contributed by atoms with E-state index in [1.807, 2.05) is 49.6 Å². The van der Waals surface area contributed by atoms with Gasteiger partial charge in [-0.25, -0.2) is 4.79 Å². The smallest absolute Gasteiger partial charge is 0.410 e. The summed E-state index contributed by atoms with van der Waals surface area (Å²) in [7, 11) is 0. The standard InChI is InChI=1S/C23H35N3O3/c1-6-21(27)26-16(2)15-19(18-9-7-8-10-20(18)26)24-17-11-13-25(14-12-17)22(28)29-23(3,4)5/h7-10,16-17,19,24H,6,11-15H2,1-5H3/t16-,19+/m0/s1. The summed E-state index contributed by atoms with van der Waals surface area (Å²) in [5.74, 6) is 0.175. The van der Waals surface area contributed by atoms with Gasteiger partial charge in [-0.1, -0.05) is 25.1 Å². The maximum atomic E-state index is 12.5. The Hall–Kier alpha value is -2.08. The van der Waals surface area contributed by atoms with Crippen LogP contribution in [0.25, 0.3) is 0 Å². The number of ether oxygens (including phenoxy) is 1. The minimum atomic E-state index is -0.462. The van der Waals surface area contributed by atoms with Crippen LogP contribution in [0.2, 0.25) is 0 Å². The minimum absolute atomic E-state index is 0.164. The van der Waals surface area contributed by atoms with Crippen LogP contribution in [-0.4, -0.2) is 47.7 Å². The van der Waals surface area contributed by atoms with E-state index in [1.165, 1.54) is 5.56 Å². The van der Waals surface area contributed by atoms with Crippen molar-refractivity contribution in [2.45, 2.75) is 84.0 Å². The molecule has 2 aliphatic rings. The van der Waals surface area contributed by atoms with Crippen LogP contribution in [0.1, 0.15) is 71.9 Å². The quantitative estimate of drug-likeness (QED) is 0.822. The van der Waals surface area contributed by atoms with Crippen LogP contribution in [0.4, 0.5) is 10.5 Å². The molecule has 1 aromatic rings. The van der Waals surface area contributed by atoms with Gasteiger partial charge >= 0.3 is 6.09 Å². The molecule has 2 heterocycles. The Labute approximate surface area is 174 Å². The molecule has 0 bridgehead atoms. The number of fused-ring (bicyclic) bond motifs is 1. The van der Waals surface area contributed by atoms with Gasteiger partial charge in [0.05, 0.1) is 0 Å². The number of hydrogen-bond donors (Lipinski definition) is 1. The highest BCUT2D eigenvalue weighted by atomic mass is 16.6. The summed E-state index contributed by atoms with van der Waals surface area (Å²) in [6, 6.07) is 8.97. The molecular formula is C23H35N3O3. The lowest BCUT2D eigenvalue weighted by atomic mass is 9.90. The van der Waals surface area contributed by atoms with Gasteiger partial charge in [0.2, 0.25) is 5.91 Å². The molecule has 2 amide bonds. The van der Waals surface area contributed by atoms with Crippen molar-refractivity contribution in [3.8, 4) is 0 Å². The van der Waals surface area contributed by atoms with Crippen LogP contribution in [0.3, 0.4) is 0 Å². The molecule has 2 atom stereocenters. The SMILES string of the molecule is CCC(=O)N1c2ccccc2[C@H](NC2CCN(C(=O)OC(C)(C)C)CC2)C[C@@H]1C. The molecule has 0 radical (unpaired) electrons. The van der Waals surface area contributed by atoms with E-state index in [2.05, 4.69) is 24.4 Å². The molecule has 0 spiro atoms. The second-order valence-corrected chi connectivity index (χ2v) is 9.22. The third-order valence-electron chi connectivity index (χ3n) is 5.74. The zero-order valence-electron chi connectivity index (χ0n) is 18.4. The van der Waals surface area contributed by atoms with Crippen LogP contribution < -0.4 is 10.2 Å². The number of para-hydroxylation sites is 1. The van der Waals surface area contributed by atoms with Crippen molar-refractivity contribution in [3.05, 3.63) is 29.8 Å². The van der Waals surface area contributed by atoms with E-state index in [4.69, 9.17) is 4.74 Å². The fraction of sp³-hybridized carbons (Fsp3) is 0.652. The van der Waals surface area contributed by atoms with E-state index in [-0.39, 0.29) is 24.1 Å². The van der Waals surface area contributed by atoms with Gasteiger partial charge in [-0.3, -0.25) is 4.79 Å². The third kappa shape index (κ3) is 5.10. The molecule has 0 unspecified atom stereocenters. The Morgan fingerprint density at radius 2 is 1.83 bits per heavy atom. The van der Waals surface area contributed by atoms with Crippen molar-refractivity contribution in [2.75, 3.05) is 18.0 Å². The first-order valence-electron chi connectivity index (χ1n) is 10.8. The third-order valence-corrected chi connectivity index (χ3v) is 5.74. The number of carbonyl (C=O) groups excluding carboxylic acids is 2. The van der Waals surface area contributed by atoms with Gasteiger partial charge < -0.3 is 19.9 Å². The maximum Gasteiger partial charge on any atom is 0.410 e. The highest BCUT2D eigenvalue weighted by molar-refractivity contribution is 5.95. The van der Waals surface area contributed by atoms with Gasteiger partial charge in [0.1, 0.15) is 5.60 Å². The van der Waals surface area contributed by atoms with Crippen molar-refractivity contribution in [2.24, 2.45) is 0 Å². The largest absolute Gasteiger partial charge is 0.444 e. The summed E-state index contributed by atoms with van der Waals surface area (Å²) in [5.41, 5.74) is 1.76. The van der Waals surface area contributed by atoms with Crippen molar-refractivity contribution < 1.29 is 14.3 Å². The van der Waals surface area contributed by atoms with Gasteiger partial charge in [0.15, 0.2) is 0 Å². The zero-order chi connectivity index (χ0) is 21.2. The average Bonchev–Trinajstić information content (AvgIpc) is 2.67. The predicted molar refractivity (Wildman–Crippen MR) is 115 cm³/mol. The lowest BCUT2D eigenvalue weighted by molar-refractivity contribution is -0.118. The van der Waals surface area contributed by atoms with Crippen molar-refractivity contribution in [1.29, 1.82) is 0 Å². The Morgan fingerprint density at radius 3 is 2.45 bits per heavy atom. The molecule has 6 nitrogen and oxygen atoms in total. The number of rotatable bonds is 3. The number of likely N-dealkylation sites (tertiary alicyclic amines) is 1. The number of hydrogen-bond acceptors (Lipinski definition) is 4. The molecule has 0 saturated carbocycles. The zero-order valence-corrected chi connectivity index (χ0v) is 18.4. The molecule has 0 aromatic heterocycles. The van der Waals surface area contributed by atoms with Crippen LogP contribution in [0.15, 0.2) is 24.3 Å². The molecule has 1 saturated heterocycles. The number of piperidine rings is 1. The fourth-order valence-electron chi connectivity index (χ4n) is 4.36. The van der Waals surface area contributed by atoms with Crippen LogP contribution >= 0.6 is 0 Å². The average molecular weight is 402 g/mol. The van der Waals surface area contributed by atoms with Crippen molar-refractivity contribution in [3.63, 3.8) is 0 Å². The van der Waals surface area contributed by atoms with E-state index in [9.17, 15) is 9.59 Å². The molecule has 2 aliphatic heterocycles. The number of anilines is 1. The lowest BCUT2D eigenvalue weighted by Gasteiger charge is -2.42. The Morgan fingerprint density at radius 1 is 1.17 bits per heavy atom. The van der Waals surface area contributed by atoms with Gasteiger partial charge in [-0.05, 0) is 58.6 Å². The minimum Gasteiger partial charge on any atom is -0.444 e. The van der Waals surface area contributed by atoms with Gasteiger partial charge in [0.25, 0.3) is 0 Å². The fourth-order valence-corrected chi connectivity index (χ4v) is 4.36. The predicted octanol–water partition coefficient (Wildman–Crippen LogP) is 4.25. The number of nitrogens with zero attached hydrogens (tertiary/aromatic N) is 2. The molecule has 3 rings (SSSR count). The summed E-state index contributed by atoms with van der Waals surface area (Å²) in [5, 5.41) is 3.81. The molecule has 6 heteroatoms. The van der Waals surface area contributed by atoms with Gasteiger partial charge in [-0.2, -0.15) is 0 Å². The van der Waals surface area contributed by atoms with Gasteiger partial charge in [0, 0.05) is 43.3 Å². The highest BCUT2D eigenvalue weighted by Gasteiger charge is 2.35. The first kappa shape index (κ1) is 21.6. The molecular weight excluding hydrogens is 366 g/mol. The number of nitrogens with one attached hydrogen (secondary N) is 1. The topological polar surface area (TPSA) is 61.9 Å². The normalized spacial score (nSPS) is 22.9. The number of carbonyl (C=O) groups is 2. The molecule has 0 aliphatic carbocycles. The van der Waals surface area contributed by atoms with E-state index in [0.29, 0.717) is 25.6 Å². The highest BCUT2D eigenvalue weighted by Crippen LogP contribution is 2.38. The monoisotopic (exact) mass is 401 g/mol. The number of benzene rings is 1. The molecule has 1 N–H and O–H groups in total. The molecule has 160 valence electrons. The number of amides is 2. The first-order valence-corrected chi connectivity index (χ1v) is 10.8. The maximum absolute atomic E-state index is 12.5. The second-order valence-electron chi connectivity index (χ2n) is 9.22. The Kier molecular flexibility index (Phi) is 6.52. The molecule has 29 heavy (non-hydrogen) atoms. The van der Waals surface area contributed by atoms with E-state index < -0.39 is 5.60 Å². The van der Waals surface area contributed by atoms with Crippen LogP contribution in [0, 0.1) is 0 Å². The van der Waals surface area contributed by atoms with Crippen LogP contribution in [-0.2, 0) is 9.53 Å². The Bertz CT molecular complexity index is 735. The summed E-state index contributed by atoms with van der Waals surface area (Å²) in [6.07, 6.45) is 3.00.